The highest BCUT2D eigenvalue weighted by Crippen LogP contribution is 2.19. The highest BCUT2D eigenvalue weighted by Gasteiger charge is 2.18. The summed E-state index contributed by atoms with van der Waals surface area (Å²) in [6, 6.07) is 3.39. The van der Waals surface area contributed by atoms with Crippen LogP contribution in [-0.2, 0) is 11.2 Å². The summed E-state index contributed by atoms with van der Waals surface area (Å²) in [6.45, 7) is 0.870. The zero-order chi connectivity index (χ0) is 11.0. The van der Waals surface area contributed by atoms with Crippen molar-refractivity contribution in [3.05, 3.63) is 30.4 Å². The van der Waals surface area contributed by atoms with Gasteiger partial charge in [0.25, 0.3) is 0 Å². The van der Waals surface area contributed by atoms with Gasteiger partial charge in [0.1, 0.15) is 11.6 Å². The normalized spacial score (nSPS) is 20.6. The summed E-state index contributed by atoms with van der Waals surface area (Å²) in [7, 11) is 0. The van der Waals surface area contributed by atoms with Gasteiger partial charge < -0.3 is 14.2 Å². The molecule has 0 bridgehead atoms. The minimum atomic E-state index is 0.274. The topological polar surface area (TPSA) is 46.8 Å². The molecule has 0 aliphatic carbocycles. The number of hydrogen-bond acceptors (Lipinski definition) is 3. The number of hydrogen-bond donors (Lipinski definition) is 1. The summed E-state index contributed by atoms with van der Waals surface area (Å²) in [5.41, 5.74) is 0.924. The van der Waals surface area contributed by atoms with E-state index in [1.807, 2.05) is 10.6 Å². The van der Waals surface area contributed by atoms with E-state index in [1.54, 1.807) is 18.3 Å². The third-order valence-electron chi connectivity index (χ3n) is 3.03. The van der Waals surface area contributed by atoms with Crippen LogP contribution in [-0.4, -0.2) is 27.2 Å². The molecule has 1 saturated heterocycles. The second kappa shape index (κ2) is 3.79. The molecule has 1 aliphatic heterocycles. The fourth-order valence-corrected chi connectivity index (χ4v) is 2.20. The maximum atomic E-state index is 9.36. The number of nitrogens with zero attached hydrogens (tertiary/aromatic N) is 2. The van der Waals surface area contributed by atoms with Gasteiger partial charge in [-0.25, -0.2) is 4.98 Å². The Morgan fingerprint density at radius 3 is 3.31 bits per heavy atom. The van der Waals surface area contributed by atoms with Crippen molar-refractivity contribution in [1.29, 1.82) is 0 Å². The van der Waals surface area contributed by atoms with Gasteiger partial charge in [0.05, 0.1) is 17.8 Å². The van der Waals surface area contributed by atoms with Gasteiger partial charge in [-0.2, -0.15) is 0 Å². The molecule has 1 N–H and O–H groups in total. The molecule has 1 unspecified atom stereocenters. The molecule has 0 saturated carbocycles. The van der Waals surface area contributed by atoms with E-state index in [0.29, 0.717) is 6.10 Å². The molecule has 0 radical (unpaired) electrons. The van der Waals surface area contributed by atoms with E-state index in [-0.39, 0.29) is 5.75 Å². The molecule has 16 heavy (non-hydrogen) atoms. The summed E-state index contributed by atoms with van der Waals surface area (Å²) < 4.78 is 7.60. The fraction of sp³-hybridized carbons (Fsp3) is 0.417. The summed E-state index contributed by atoms with van der Waals surface area (Å²) in [4.78, 5) is 4.37. The van der Waals surface area contributed by atoms with Crippen LogP contribution < -0.4 is 0 Å². The van der Waals surface area contributed by atoms with Gasteiger partial charge in [0, 0.05) is 25.3 Å². The number of aromatic hydroxyl groups is 1. The largest absolute Gasteiger partial charge is 0.508 e. The Morgan fingerprint density at radius 1 is 1.56 bits per heavy atom. The lowest BCUT2D eigenvalue weighted by molar-refractivity contribution is 0.110. The van der Waals surface area contributed by atoms with E-state index in [9.17, 15) is 5.11 Å². The Morgan fingerprint density at radius 2 is 2.50 bits per heavy atom. The number of rotatable bonds is 2. The summed E-state index contributed by atoms with van der Waals surface area (Å²) in [5.74, 6) is 1.28. The zero-order valence-corrected chi connectivity index (χ0v) is 8.97. The molecule has 4 heteroatoms. The lowest BCUT2D eigenvalue weighted by atomic mass is 10.2. The number of fused-ring (bicyclic) bond motifs is 1. The molecule has 0 aromatic carbocycles. The molecule has 2 aromatic rings. The molecule has 1 aliphatic rings. The van der Waals surface area contributed by atoms with Crippen LogP contribution in [0, 0.1) is 0 Å². The van der Waals surface area contributed by atoms with E-state index in [2.05, 4.69) is 4.98 Å². The molecule has 3 heterocycles. The monoisotopic (exact) mass is 218 g/mol. The van der Waals surface area contributed by atoms with Crippen molar-refractivity contribution < 1.29 is 9.84 Å². The Balaban J connectivity index is 1.91. The number of imidazole rings is 1. The molecule has 1 fully saturated rings. The first-order chi connectivity index (χ1) is 7.83. The second-order valence-electron chi connectivity index (χ2n) is 4.19. The Kier molecular flexibility index (Phi) is 2.29. The van der Waals surface area contributed by atoms with Gasteiger partial charge in [-0.05, 0) is 18.9 Å². The van der Waals surface area contributed by atoms with Crippen molar-refractivity contribution >= 4 is 5.52 Å². The van der Waals surface area contributed by atoms with Crippen LogP contribution >= 0.6 is 0 Å². The molecule has 84 valence electrons. The predicted octanol–water partition coefficient (Wildman–Crippen LogP) is 1.76. The molecule has 0 spiro atoms. The predicted molar refractivity (Wildman–Crippen MR) is 59.5 cm³/mol. The van der Waals surface area contributed by atoms with Gasteiger partial charge in [0.2, 0.25) is 0 Å². The first kappa shape index (κ1) is 9.66. The summed E-state index contributed by atoms with van der Waals surface area (Å²) in [6.07, 6.45) is 7.05. The minimum Gasteiger partial charge on any atom is -0.508 e. The summed E-state index contributed by atoms with van der Waals surface area (Å²) >= 11 is 0. The van der Waals surface area contributed by atoms with Crippen LogP contribution in [0.4, 0.5) is 0 Å². The number of pyridine rings is 1. The number of aromatic nitrogens is 2. The highest BCUT2D eigenvalue weighted by atomic mass is 16.5. The fourth-order valence-electron chi connectivity index (χ4n) is 2.20. The molecule has 2 aromatic heterocycles. The zero-order valence-electron chi connectivity index (χ0n) is 8.97. The number of ether oxygens (including phenoxy) is 1. The van der Waals surface area contributed by atoms with Crippen molar-refractivity contribution in [3.8, 4) is 5.75 Å². The third-order valence-corrected chi connectivity index (χ3v) is 3.03. The first-order valence-electron chi connectivity index (χ1n) is 5.59. The quantitative estimate of drug-likeness (QED) is 0.835. The van der Waals surface area contributed by atoms with Crippen LogP contribution in [0.1, 0.15) is 18.7 Å². The minimum absolute atomic E-state index is 0.274. The maximum absolute atomic E-state index is 9.36. The van der Waals surface area contributed by atoms with Crippen molar-refractivity contribution in [1.82, 2.24) is 9.38 Å². The smallest absolute Gasteiger partial charge is 0.119 e. The van der Waals surface area contributed by atoms with Gasteiger partial charge in [-0.1, -0.05) is 0 Å². The molecule has 1 atom stereocenters. The summed E-state index contributed by atoms with van der Waals surface area (Å²) in [5, 5.41) is 9.36. The van der Waals surface area contributed by atoms with Crippen molar-refractivity contribution in [2.75, 3.05) is 6.61 Å². The van der Waals surface area contributed by atoms with E-state index in [0.717, 1.165) is 37.2 Å². The highest BCUT2D eigenvalue weighted by molar-refractivity contribution is 5.50. The second-order valence-corrected chi connectivity index (χ2v) is 4.19. The first-order valence-corrected chi connectivity index (χ1v) is 5.59. The van der Waals surface area contributed by atoms with E-state index in [4.69, 9.17) is 4.74 Å². The van der Waals surface area contributed by atoms with Crippen LogP contribution in [0.25, 0.3) is 5.52 Å². The van der Waals surface area contributed by atoms with Gasteiger partial charge in [0.15, 0.2) is 0 Å². The van der Waals surface area contributed by atoms with Crippen molar-refractivity contribution in [2.45, 2.75) is 25.4 Å². The lowest BCUT2D eigenvalue weighted by Gasteiger charge is -2.08. The van der Waals surface area contributed by atoms with Crippen LogP contribution in [0.2, 0.25) is 0 Å². The molecular weight excluding hydrogens is 204 g/mol. The lowest BCUT2D eigenvalue weighted by Crippen LogP contribution is -2.11. The van der Waals surface area contributed by atoms with E-state index in [1.165, 1.54) is 0 Å². The molecule has 4 nitrogen and oxygen atoms in total. The molecule has 3 rings (SSSR count). The molecule has 0 amide bonds. The maximum Gasteiger partial charge on any atom is 0.119 e. The van der Waals surface area contributed by atoms with Crippen molar-refractivity contribution in [2.24, 2.45) is 0 Å². The molecular formula is C12H14N2O2. The average molecular weight is 218 g/mol. The standard InChI is InChI=1S/C12H14N2O2/c15-10-3-4-14-9(6-10)8-13-12(14)7-11-2-1-5-16-11/h3-4,6,8,11,15H,1-2,5,7H2. The Bertz CT molecular complexity index is 501. The van der Waals surface area contributed by atoms with Crippen molar-refractivity contribution in [3.63, 3.8) is 0 Å². The van der Waals surface area contributed by atoms with Gasteiger partial charge in [-0.3, -0.25) is 0 Å². The van der Waals surface area contributed by atoms with Crippen LogP contribution in [0.5, 0.6) is 5.75 Å². The van der Waals surface area contributed by atoms with Crippen LogP contribution in [0.3, 0.4) is 0 Å². The SMILES string of the molecule is Oc1ccn2c(CC3CCCO3)ncc2c1. The average Bonchev–Trinajstić information content (AvgIpc) is 2.89. The third kappa shape index (κ3) is 1.65. The Hall–Kier alpha value is -1.55. The van der Waals surface area contributed by atoms with Crippen LogP contribution in [0.15, 0.2) is 24.5 Å². The van der Waals surface area contributed by atoms with E-state index < -0.39 is 0 Å². The van der Waals surface area contributed by atoms with Gasteiger partial charge >= 0.3 is 0 Å². The van der Waals surface area contributed by atoms with E-state index >= 15 is 0 Å². The van der Waals surface area contributed by atoms with Gasteiger partial charge in [-0.15, -0.1) is 0 Å². The Labute approximate surface area is 93.5 Å².